The number of benzene rings is 1. The normalized spacial score (nSPS) is 10.1. The lowest BCUT2D eigenvalue weighted by Crippen LogP contribution is -2.37. The third-order valence-corrected chi connectivity index (χ3v) is 2.58. The van der Waals surface area contributed by atoms with E-state index in [1.54, 1.807) is 19.0 Å². The van der Waals surface area contributed by atoms with E-state index >= 15 is 0 Å². The third-order valence-electron chi connectivity index (χ3n) is 2.58. The molecule has 0 saturated heterocycles. The van der Waals surface area contributed by atoms with Gasteiger partial charge in [0.1, 0.15) is 0 Å². The molecule has 0 spiro atoms. The second-order valence-electron chi connectivity index (χ2n) is 4.30. The molecule has 0 radical (unpaired) electrons. The molecule has 17 heavy (non-hydrogen) atoms. The first kappa shape index (κ1) is 13.4. The average Bonchev–Trinajstić information content (AvgIpc) is 2.29. The molecule has 4 nitrogen and oxygen atoms in total. The highest BCUT2D eigenvalue weighted by molar-refractivity contribution is 5.81. The van der Waals surface area contributed by atoms with Crippen LogP contribution in [0.4, 0.5) is 11.4 Å². The molecule has 94 valence electrons. The van der Waals surface area contributed by atoms with Crippen LogP contribution < -0.4 is 10.6 Å². The molecule has 0 unspecified atom stereocenters. The van der Waals surface area contributed by atoms with Crippen LogP contribution in [-0.4, -0.2) is 38.0 Å². The predicted molar refractivity (Wildman–Crippen MR) is 72.1 cm³/mol. The second-order valence-corrected chi connectivity index (χ2v) is 4.30. The van der Waals surface area contributed by atoms with Crippen molar-refractivity contribution in [3.63, 3.8) is 0 Å². The fourth-order valence-electron chi connectivity index (χ4n) is 1.56. The molecule has 1 aromatic rings. The van der Waals surface area contributed by atoms with Crippen molar-refractivity contribution < 1.29 is 4.79 Å². The van der Waals surface area contributed by atoms with Crippen LogP contribution in [-0.2, 0) is 4.79 Å². The number of nitrogens with zero attached hydrogens (tertiary/aromatic N) is 2. The van der Waals surface area contributed by atoms with Crippen LogP contribution in [0.3, 0.4) is 0 Å². The van der Waals surface area contributed by atoms with Gasteiger partial charge in [0.25, 0.3) is 0 Å². The Balaban J connectivity index is 2.78. The maximum Gasteiger partial charge on any atom is 0.241 e. The number of amides is 1. The van der Waals surface area contributed by atoms with Gasteiger partial charge in [0, 0.05) is 32.0 Å². The van der Waals surface area contributed by atoms with E-state index < -0.39 is 0 Å². The molecule has 0 bridgehead atoms. The van der Waals surface area contributed by atoms with Crippen molar-refractivity contribution in [2.24, 2.45) is 0 Å². The van der Waals surface area contributed by atoms with Gasteiger partial charge in [-0.15, -0.1) is 0 Å². The van der Waals surface area contributed by atoms with E-state index in [9.17, 15) is 4.79 Å². The zero-order valence-corrected chi connectivity index (χ0v) is 10.8. The number of carbonyl (C=O) groups excluding carboxylic acids is 1. The number of nitrogen functional groups attached to an aromatic ring is 1. The van der Waals surface area contributed by atoms with E-state index in [1.165, 1.54) is 0 Å². The Labute approximate surface area is 103 Å². The fourth-order valence-corrected chi connectivity index (χ4v) is 1.56. The summed E-state index contributed by atoms with van der Waals surface area (Å²) in [6.45, 7) is 3.37. The summed E-state index contributed by atoms with van der Waals surface area (Å²) in [4.78, 5) is 15.4. The number of carbonyl (C=O) groups is 1. The van der Waals surface area contributed by atoms with Crippen LogP contribution in [0.25, 0.3) is 0 Å². The molecule has 0 aliphatic rings. The van der Waals surface area contributed by atoms with Gasteiger partial charge in [0.15, 0.2) is 0 Å². The van der Waals surface area contributed by atoms with Crippen molar-refractivity contribution in [3.05, 3.63) is 24.3 Å². The molecule has 0 fully saturated rings. The molecule has 0 aliphatic carbocycles. The highest BCUT2D eigenvalue weighted by Crippen LogP contribution is 2.16. The first-order valence-electron chi connectivity index (χ1n) is 5.85. The van der Waals surface area contributed by atoms with E-state index in [0.717, 1.165) is 24.3 Å². The fraction of sp³-hybridized carbons (Fsp3) is 0.462. The van der Waals surface area contributed by atoms with Crippen molar-refractivity contribution in [2.45, 2.75) is 13.3 Å². The van der Waals surface area contributed by atoms with E-state index in [2.05, 4.69) is 11.8 Å². The summed E-state index contributed by atoms with van der Waals surface area (Å²) in [5, 5.41) is 0. The Morgan fingerprint density at radius 2 is 1.82 bits per heavy atom. The standard InChI is InChI=1S/C13H21N3O/c1-4-9-16(10-13(17)15(2)3)12-7-5-11(14)6-8-12/h5-8H,4,9-10,14H2,1-3H3. The summed E-state index contributed by atoms with van der Waals surface area (Å²) in [6.07, 6.45) is 1.01. The van der Waals surface area contributed by atoms with Crippen molar-refractivity contribution in [1.29, 1.82) is 0 Å². The first-order valence-corrected chi connectivity index (χ1v) is 5.85. The number of rotatable bonds is 5. The Morgan fingerprint density at radius 1 is 1.24 bits per heavy atom. The SMILES string of the molecule is CCCN(CC(=O)N(C)C)c1ccc(N)cc1. The number of likely N-dealkylation sites (N-methyl/N-ethyl adjacent to an activating group) is 1. The summed E-state index contributed by atoms with van der Waals surface area (Å²) < 4.78 is 0. The van der Waals surface area contributed by atoms with Gasteiger partial charge in [-0.3, -0.25) is 4.79 Å². The summed E-state index contributed by atoms with van der Waals surface area (Å²) in [5.41, 5.74) is 7.43. The largest absolute Gasteiger partial charge is 0.399 e. The van der Waals surface area contributed by atoms with Gasteiger partial charge in [-0.05, 0) is 30.7 Å². The second kappa shape index (κ2) is 6.13. The maximum atomic E-state index is 11.7. The molecule has 1 rings (SSSR count). The minimum Gasteiger partial charge on any atom is -0.399 e. The summed E-state index contributed by atoms with van der Waals surface area (Å²) in [6, 6.07) is 7.62. The van der Waals surface area contributed by atoms with Crippen molar-refractivity contribution in [1.82, 2.24) is 4.90 Å². The molecule has 0 heterocycles. The van der Waals surface area contributed by atoms with Gasteiger partial charge in [0.2, 0.25) is 5.91 Å². The van der Waals surface area contributed by atoms with Crippen LogP contribution in [0, 0.1) is 0 Å². The molecular weight excluding hydrogens is 214 g/mol. The summed E-state index contributed by atoms with van der Waals surface area (Å²) in [7, 11) is 3.55. The predicted octanol–water partition coefficient (Wildman–Crippen LogP) is 1.57. The average molecular weight is 235 g/mol. The van der Waals surface area contributed by atoms with E-state index in [1.807, 2.05) is 24.3 Å². The number of hydrogen-bond donors (Lipinski definition) is 1. The number of anilines is 2. The summed E-state index contributed by atoms with van der Waals surface area (Å²) >= 11 is 0. The monoisotopic (exact) mass is 235 g/mol. The lowest BCUT2D eigenvalue weighted by Gasteiger charge is -2.25. The summed E-state index contributed by atoms with van der Waals surface area (Å²) in [5.74, 6) is 0.107. The first-order chi connectivity index (χ1) is 8.04. The number of hydrogen-bond acceptors (Lipinski definition) is 3. The number of nitrogens with two attached hydrogens (primary N) is 1. The van der Waals surface area contributed by atoms with Crippen LogP contribution >= 0.6 is 0 Å². The Bertz CT molecular complexity index is 359. The van der Waals surface area contributed by atoms with Crippen LogP contribution in [0.1, 0.15) is 13.3 Å². The van der Waals surface area contributed by atoms with Gasteiger partial charge in [-0.2, -0.15) is 0 Å². The zero-order valence-electron chi connectivity index (χ0n) is 10.8. The quantitative estimate of drug-likeness (QED) is 0.788. The van der Waals surface area contributed by atoms with Crippen LogP contribution in [0.5, 0.6) is 0 Å². The zero-order chi connectivity index (χ0) is 12.8. The van der Waals surface area contributed by atoms with Gasteiger partial charge in [0.05, 0.1) is 6.54 Å². The smallest absolute Gasteiger partial charge is 0.241 e. The van der Waals surface area contributed by atoms with Gasteiger partial charge in [-0.25, -0.2) is 0 Å². The highest BCUT2D eigenvalue weighted by Gasteiger charge is 2.11. The Hall–Kier alpha value is -1.71. The van der Waals surface area contributed by atoms with Crippen LogP contribution in [0.2, 0.25) is 0 Å². The molecule has 0 saturated carbocycles. The van der Waals surface area contributed by atoms with Crippen molar-refractivity contribution in [3.8, 4) is 0 Å². The van der Waals surface area contributed by atoms with Crippen molar-refractivity contribution >= 4 is 17.3 Å². The van der Waals surface area contributed by atoms with Crippen molar-refractivity contribution in [2.75, 3.05) is 37.8 Å². The Morgan fingerprint density at radius 3 is 2.29 bits per heavy atom. The molecular formula is C13H21N3O. The lowest BCUT2D eigenvalue weighted by atomic mass is 10.2. The molecule has 1 amide bonds. The molecule has 1 aromatic carbocycles. The molecule has 2 N–H and O–H groups in total. The molecule has 0 atom stereocenters. The Kier molecular flexibility index (Phi) is 4.82. The lowest BCUT2D eigenvalue weighted by molar-refractivity contribution is -0.127. The van der Waals surface area contributed by atoms with Crippen LogP contribution in [0.15, 0.2) is 24.3 Å². The minimum absolute atomic E-state index is 0.107. The topological polar surface area (TPSA) is 49.6 Å². The van der Waals surface area contributed by atoms with Gasteiger partial charge < -0.3 is 15.5 Å². The molecule has 4 heteroatoms. The van der Waals surface area contributed by atoms with Gasteiger partial charge in [-0.1, -0.05) is 6.92 Å². The molecule has 0 aromatic heterocycles. The van der Waals surface area contributed by atoms with Gasteiger partial charge >= 0.3 is 0 Å². The van der Waals surface area contributed by atoms with E-state index in [-0.39, 0.29) is 5.91 Å². The maximum absolute atomic E-state index is 11.7. The minimum atomic E-state index is 0.107. The highest BCUT2D eigenvalue weighted by atomic mass is 16.2. The third kappa shape index (κ3) is 3.98. The van der Waals surface area contributed by atoms with E-state index in [4.69, 9.17) is 5.73 Å². The molecule has 0 aliphatic heterocycles. The van der Waals surface area contributed by atoms with E-state index in [0.29, 0.717) is 6.54 Å².